The van der Waals surface area contributed by atoms with Gasteiger partial charge in [-0.15, -0.1) is 0 Å². The Labute approximate surface area is 93.2 Å². The molecule has 0 amide bonds. The van der Waals surface area contributed by atoms with Gasteiger partial charge in [0.25, 0.3) is 0 Å². The second-order valence-electron chi connectivity index (χ2n) is 3.79. The number of H-pyrrole nitrogens is 1. The van der Waals surface area contributed by atoms with E-state index in [0.29, 0.717) is 5.75 Å². The maximum atomic E-state index is 9.27. The van der Waals surface area contributed by atoms with E-state index in [0.717, 1.165) is 11.1 Å². The van der Waals surface area contributed by atoms with Crippen LogP contribution in [0, 0.1) is 0 Å². The SMILES string of the molecule is Oc1ccc(-c2cccc3[nH]ccc23)cc1. The Morgan fingerprint density at radius 1 is 0.875 bits per heavy atom. The molecule has 2 aromatic carbocycles. The van der Waals surface area contributed by atoms with Crippen LogP contribution in [0.4, 0.5) is 0 Å². The van der Waals surface area contributed by atoms with E-state index in [1.807, 2.05) is 24.4 Å². The quantitative estimate of drug-likeness (QED) is 0.631. The Hall–Kier alpha value is -2.22. The van der Waals surface area contributed by atoms with Crippen LogP contribution in [0.5, 0.6) is 5.75 Å². The zero-order valence-corrected chi connectivity index (χ0v) is 8.64. The molecule has 0 saturated carbocycles. The Kier molecular flexibility index (Phi) is 1.93. The number of benzene rings is 2. The van der Waals surface area contributed by atoms with Crippen LogP contribution in [0.1, 0.15) is 0 Å². The normalized spacial score (nSPS) is 10.8. The van der Waals surface area contributed by atoms with Crippen molar-refractivity contribution >= 4 is 10.9 Å². The molecule has 3 aromatic rings. The molecule has 2 N–H and O–H groups in total. The molecule has 16 heavy (non-hydrogen) atoms. The number of phenols is 1. The lowest BCUT2D eigenvalue weighted by atomic mass is 10.0. The largest absolute Gasteiger partial charge is 0.508 e. The molecule has 1 heterocycles. The summed E-state index contributed by atoms with van der Waals surface area (Å²) in [6, 6.07) is 15.5. The van der Waals surface area contributed by atoms with Crippen LogP contribution < -0.4 is 0 Å². The van der Waals surface area contributed by atoms with Gasteiger partial charge in [-0.05, 0) is 35.4 Å². The van der Waals surface area contributed by atoms with Crippen LogP contribution >= 0.6 is 0 Å². The van der Waals surface area contributed by atoms with Crippen molar-refractivity contribution in [2.75, 3.05) is 0 Å². The summed E-state index contributed by atoms with van der Waals surface area (Å²) in [6.07, 6.45) is 1.94. The van der Waals surface area contributed by atoms with Crippen LogP contribution in [0.2, 0.25) is 0 Å². The molecule has 0 aliphatic heterocycles. The Morgan fingerprint density at radius 3 is 2.50 bits per heavy atom. The highest BCUT2D eigenvalue weighted by Gasteiger charge is 2.03. The van der Waals surface area contributed by atoms with Gasteiger partial charge in [0.15, 0.2) is 0 Å². The summed E-state index contributed by atoms with van der Waals surface area (Å²) in [6.45, 7) is 0. The number of aromatic hydroxyl groups is 1. The zero-order valence-electron chi connectivity index (χ0n) is 8.64. The maximum Gasteiger partial charge on any atom is 0.115 e. The number of fused-ring (bicyclic) bond motifs is 1. The van der Waals surface area contributed by atoms with Crippen molar-refractivity contribution in [2.24, 2.45) is 0 Å². The lowest BCUT2D eigenvalue weighted by Gasteiger charge is -2.03. The fourth-order valence-corrected chi connectivity index (χ4v) is 1.98. The molecule has 0 unspecified atom stereocenters. The van der Waals surface area contributed by atoms with Gasteiger partial charge in [-0.25, -0.2) is 0 Å². The van der Waals surface area contributed by atoms with E-state index in [1.54, 1.807) is 12.1 Å². The van der Waals surface area contributed by atoms with Crippen molar-refractivity contribution in [3.05, 3.63) is 54.7 Å². The average molecular weight is 209 g/mol. The first-order valence-corrected chi connectivity index (χ1v) is 5.20. The highest BCUT2D eigenvalue weighted by Crippen LogP contribution is 2.28. The number of rotatable bonds is 1. The molecule has 0 radical (unpaired) electrons. The molecule has 0 aliphatic rings. The summed E-state index contributed by atoms with van der Waals surface area (Å²) >= 11 is 0. The minimum atomic E-state index is 0.296. The Balaban J connectivity index is 2.25. The van der Waals surface area contributed by atoms with Crippen molar-refractivity contribution in [3.63, 3.8) is 0 Å². The van der Waals surface area contributed by atoms with Crippen LogP contribution in [0.15, 0.2) is 54.7 Å². The molecule has 2 nitrogen and oxygen atoms in total. The van der Waals surface area contributed by atoms with Crippen LogP contribution in [-0.2, 0) is 0 Å². The van der Waals surface area contributed by atoms with E-state index in [1.165, 1.54) is 10.9 Å². The summed E-state index contributed by atoms with van der Waals surface area (Å²) in [5.74, 6) is 0.296. The van der Waals surface area contributed by atoms with Gasteiger partial charge in [0.2, 0.25) is 0 Å². The van der Waals surface area contributed by atoms with Crippen molar-refractivity contribution in [1.82, 2.24) is 4.98 Å². The number of hydrogen-bond donors (Lipinski definition) is 2. The third-order valence-electron chi connectivity index (χ3n) is 2.77. The first-order chi connectivity index (χ1) is 7.84. The number of aromatic amines is 1. The Bertz CT molecular complexity index is 623. The zero-order chi connectivity index (χ0) is 11.0. The van der Waals surface area contributed by atoms with Gasteiger partial charge in [-0.3, -0.25) is 0 Å². The molecule has 78 valence electrons. The highest BCUT2D eigenvalue weighted by atomic mass is 16.3. The van der Waals surface area contributed by atoms with Crippen LogP contribution in [-0.4, -0.2) is 10.1 Å². The van der Waals surface area contributed by atoms with Crippen molar-refractivity contribution in [3.8, 4) is 16.9 Å². The molecule has 0 saturated heterocycles. The molecule has 0 fully saturated rings. The van der Waals surface area contributed by atoms with E-state index < -0.39 is 0 Å². The molecule has 3 rings (SSSR count). The van der Waals surface area contributed by atoms with E-state index >= 15 is 0 Å². The predicted octanol–water partition coefficient (Wildman–Crippen LogP) is 3.54. The molecule has 0 aliphatic carbocycles. The van der Waals surface area contributed by atoms with Crippen molar-refractivity contribution in [2.45, 2.75) is 0 Å². The van der Waals surface area contributed by atoms with E-state index in [2.05, 4.69) is 23.2 Å². The fourth-order valence-electron chi connectivity index (χ4n) is 1.98. The van der Waals surface area contributed by atoms with E-state index in [4.69, 9.17) is 0 Å². The summed E-state index contributed by atoms with van der Waals surface area (Å²) in [7, 11) is 0. The second-order valence-corrected chi connectivity index (χ2v) is 3.79. The number of hydrogen-bond acceptors (Lipinski definition) is 1. The van der Waals surface area contributed by atoms with Gasteiger partial charge in [0, 0.05) is 17.1 Å². The first kappa shape index (κ1) is 9.04. The molecule has 1 aromatic heterocycles. The molecular weight excluding hydrogens is 198 g/mol. The highest BCUT2D eigenvalue weighted by molar-refractivity contribution is 5.95. The van der Waals surface area contributed by atoms with Gasteiger partial charge in [0.1, 0.15) is 5.75 Å². The van der Waals surface area contributed by atoms with Crippen LogP contribution in [0.25, 0.3) is 22.0 Å². The first-order valence-electron chi connectivity index (χ1n) is 5.20. The number of phenolic OH excluding ortho intramolecular Hbond substituents is 1. The third kappa shape index (κ3) is 1.36. The Morgan fingerprint density at radius 2 is 1.69 bits per heavy atom. The molecule has 0 atom stereocenters. The molecule has 0 bridgehead atoms. The topological polar surface area (TPSA) is 36.0 Å². The maximum absolute atomic E-state index is 9.27. The lowest BCUT2D eigenvalue weighted by molar-refractivity contribution is 0.475. The summed E-state index contributed by atoms with van der Waals surface area (Å²) in [4.78, 5) is 3.19. The molecule has 2 heteroatoms. The van der Waals surface area contributed by atoms with E-state index in [-0.39, 0.29) is 0 Å². The monoisotopic (exact) mass is 209 g/mol. The van der Waals surface area contributed by atoms with Crippen molar-refractivity contribution < 1.29 is 5.11 Å². The van der Waals surface area contributed by atoms with Gasteiger partial charge in [-0.1, -0.05) is 24.3 Å². The van der Waals surface area contributed by atoms with Crippen LogP contribution in [0.3, 0.4) is 0 Å². The third-order valence-corrected chi connectivity index (χ3v) is 2.77. The second kappa shape index (κ2) is 3.42. The smallest absolute Gasteiger partial charge is 0.115 e. The minimum absolute atomic E-state index is 0.296. The predicted molar refractivity (Wildman–Crippen MR) is 65.4 cm³/mol. The lowest BCUT2D eigenvalue weighted by Crippen LogP contribution is -1.78. The fraction of sp³-hybridized carbons (Fsp3) is 0. The molecule has 0 spiro atoms. The van der Waals surface area contributed by atoms with E-state index in [9.17, 15) is 5.11 Å². The summed E-state index contributed by atoms with van der Waals surface area (Å²) in [5.41, 5.74) is 3.42. The van der Waals surface area contributed by atoms with Gasteiger partial charge < -0.3 is 10.1 Å². The van der Waals surface area contributed by atoms with Gasteiger partial charge >= 0.3 is 0 Å². The summed E-state index contributed by atoms with van der Waals surface area (Å²) in [5, 5.41) is 10.5. The summed E-state index contributed by atoms with van der Waals surface area (Å²) < 4.78 is 0. The van der Waals surface area contributed by atoms with Crippen molar-refractivity contribution in [1.29, 1.82) is 0 Å². The standard InChI is InChI=1S/C14H11NO/c16-11-6-4-10(5-7-11)12-2-1-3-14-13(12)8-9-15-14/h1-9,15-16H. The average Bonchev–Trinajstić information content (AvgIpc) is 2.78. The minimum Gasteiger partial charge on any atom is -0.508 e. The van der Waals surface area contributed by atoms with Gasteiger partial charge in [0.05, 0.1) is 0 Å². The molecular formula is C14H11NO. The van der Waals surface area contributed by atoms with Gasteiger partial charge in [-0.2, -0.15) is 0 Å². The number of aromatic nitrogens is 1. The number of nitrogens with one attached hydrogen (secondary N) is 1.